The van der Waals surface area contributed by atoms with Gasteiger partial charge >= 0.3 is 5.97 Å². The number of hydrogen-bond acceptors (Lipinski definition) is 3. The van der Waals surface area contributed by atoms with E-state index in [1.165, 1.54) is 0 Å². The number of carbonyl (C=O) groups is 2. The summed E-state index contributed by atoms with van der Waals surface area (Å²) in [4.78, 5) is 27.1. The average molecular weight is 267 g/mol. The Morgan fingerprint density at radius 2 is 2.28 bits per heavy atom. The smallest absolute Gasteiger partial charge is 0.309 e. The summed E-state index contributed by atoms with van der Waals surface area (Å²) in [6, 6.07) is 3.64. The molecule has 1 aliphatic heterocycles. The summed E-state index contributed by atoms with van der Waals surface area (Å²) < 4.78 is 0. The summed E-state index contributed by atoms with van der Waals surface area (Å²) in [6.45, 7) is 4.62. The number of hydrogen-bond donors (Lipinski definition) is 1. The summed E-state index contributed by atoms with van der Waals surface area (Å²) in [7, 11) is 0. The highest BCUT2D eigenvalue weighted by molar-refractivity contribution is 7.12. The summed E-state index contributed by atoms with van der Waals surface area (Å²) in [6.07, 6.45) is 0.968. The van der Waals surface area contributed by atoms with Gasteiger partial charge in [0.25, 0.3) is 0 Å². The second kappa shape index (κ2) is 5.10. The SMILES string of the molecule is CCCN1C(=O)CC(C(=O)O)C1c1ccc(C)s1. The first-order valence-corrected chi connectivity index (χ1v) is 6.94. The number of amides is 1. The van der Waals surface area contributed by atoms with Crippen molar-refractivity contribution < 1.29 is 14.7 Å². The van der Waals surface area contributed by atoms with E-state index in [2.05, 4.69) is 0 Å². The van der Waals surface area contributed by atoms with Gasteiger partial charge in [-0.05, 0) is 25.5 Å². The fourth-order valence-corrected chi connectivity index (χ4v) is 3.54. The lowest BCUT2D eigenvalue weighted by Gasteiger charge is -2.25. The predicted octanol–water partition coefficient (Wildman–Crippen LogP) is 2.44. The molecule has 5 heteroatoms. The topological polar surface area (TPSA) is 57.6 Å². The van der Waals surface area contributed by atoms with Crippen LogP contribution in [0.4, 0.5) is 0 Å². The molecule has 0 aliphatic carbocycles. The highest BCUT2D eigenvalue weighted by atomic mass is 32.1. The molecule has 1 N–H and O–H groups in total. The van der Waals surface area contributed by atoms with E-state index < -0.39 is 11.9 Å². The summed E-state index contributed by atoms with van der Waals surface area (Å²) in [5.41, 5.74) is 0. The quantitative estimate of drug-likeness (QED) is 0.911. The molecule has 1 aromatic rings. The van der Waals surface area contributed by atoms with Crippen LogP contribution in [-0.4, -0.2) is 28.4 Å². The Balaban J connectivity index is 2.35. The van der Waals surface area contributed by atoms with Crippen molar-refractivity contribution in [2.75, 3.05) is 6.54 Å². The van der Waals surface area contributed by atoms with E-state index in [0.717, 1.165) is 16.2 Å². The van der Waals surface area contributed by atoms with Crippen molar-refractivity contribution in [1.29, 1.82) is 0 Å². The van der Waals surface area contributed by atoms with Gasteiger partial charge in [0.05, 0.1) is 12.0 Å². The van der Waals surface area contributed by atoms with Crippen LogP contribution in [0.2, 0.25) is 0 Å². The van der Waals surface area contributed by atoms with Crippen molar-refractivity contribution in [3.63, 3.8) is 0 Å². The van der Waals surface area contributed by atoms with Gasteiger partial charge in [-0.25, -0.2) is 0 Å². The van der Waals surface area contributed by atoms with E-state index in [1.807, 2.05) is 26.0 Å². The van der Waals surface area contributed by atoms with Crippen LogP contribution in [0.15, 0.2) is 12.1 Å². The lowest BCUT2D eigenvalue weighted by Crippen LogP contribution is -2.30. The number of rotatable bonds is 4. The van der Waals surface area contributed by atoms with Crippen molar-refractivity contribution >= 4 is 23.2 Å². The minimum Gasteiger partial charge on any atom is -0.481 e. The Kier molecular flexibility index (Phi) is 3.71. The zero-order valence-electron chi connectivity index (χ0n) is 10.5. The molecule has 0 spiro atoms. The molecule has 2 atom stereocenters. The van der Waals surface area contributed by atoms with Crippen molar-refractivity contribution in [3.8, 4) is 0 Å². The van der Waals surface area contributed by atoms with E-state index in [9.17, 15) is 14.7 Å². The maximum absolute atomic E-state index is 11.9. The van der Waals surface area contributed by atoms with Crippen LogP contribution in [0.1, 0.15) is 35.6 Å². The Morgan fingerprint density at radius 3 is 2.78 bits per heavy atom. The standard InChI is InChI=1S/C13H17NO3S/c1-3-6-14-11(15)7-9(13(16)17)12(14)10-5-4-8(2)18-10/h4-5,9,12H,3,6-7H2,1-2H3,(H,16,17). The van der Waals surface area contributed by atoms with Gasteiger partial charge in [0, 0.05) is 22.7 Å². The first-order chi connectivity index (χ1) is 8.54. The molecule has 1 aliphatic rings. The minimum atomic E-state index is -0.877. The van der Waals surface area contributed by atoms with Crippen LogP contribution in [0.5, 0.6) is 0 Å². The molecule has 1 amide bonds. The van der Waals surface area contributed by atoms with E-state index in [1.54, 1.807) is 16.2 Å². The Hall–Kier alpha value is -1.36. The summed E-state index contributed by atoms with van der Waals surface area (Å²) in [5.74, 6) is -1.53. The number of carbonyl (C=O) groups excluding carboxylic acids is 1. The third-order valence-electron chi connectivity index (χ3n) is 3.27. The minimum absolute atomic E-state index is 0.0414. The highest BCUT2D eigenvalue weighted by Crippen LogP contribution is 2.40. The van der Waals surface area contributed by atoms with Crippen LogP contribution in [-0.2, 0) is 9.59 Å². The lowest BCUT2D eigenvalue weighted by molar-refractivity contribution is -0.142. The van der Waals surface area contributed by atoms with Crippen molar-refractivity contribution in [1.82, 2.24) is 4.90 Å². The third kappa shape index (κ3) is 2.27. The maximum Gasteiger partial charge on any atom is 0.309 e. The molecule has 1 saturated heterocycles. The van der Waals surface area contributed by atoms with Crippen LogP contribution in [0.3, 0.4) is 0 Å². The monoisotopic (exact) mass is 267 g/mol. The molecule has 98 valence electrons. The van der Waals surface area contributed by atoms with Gasteiger partial charge in [0.2, 0.25) is 5.91 Å². The lowest BCUT2D eigenvalue weighted by atomic mass is 9.99. The average Bonchev–Trinajstić information content (AvgIpc) is 2.85. The Bertz CT molecular complexity index is 469. The zero-order valence-corrected chi connectivity index (χ0v) is 11.4. The summed E-state index contributed by atoms with van der Waals surface area (Å²) in [5, 5.41) is 9.28. The molecule has 18 heavy (non-hydrogen) atoms. The molecule has 0 aromatic carbocycles. The molecule has 1 fully saturated rings. The fraction of sp³-hybridized carbons (Fsp3) is 0.538. The molecule has 2 rings (SSSR count). The van der Waals surface area contributed by atoms with Crippen molar-refractivity contribution in [2.45, 2.75) is 32.7 Å². The number of aryl methyl sites for hydroxylation is 1. The molecule has 0 radical (unpaired) electrons. The number of carboxylic acid groups (broad SMARTS) is 1. The fourth-order valence-electron chi connectivity index (χ4n) is 2.48. The van der Waals surface area contributed by atoms with Crippen LogP contribution in [0.25, 0.3) is 0 Å². The van der Waals surface area contributed by atoms with Gasteiger partial charge < -0.3 is 10.0 Å². The number of nitrogens with zero attached hydrogens (tertiary/aromatic N) is 1. The second-order valence-electron chi connectivity index (χ2n) is 4.63. The molecule has 2 unspecified atom stereocenters. The number of thiophene rings is 1. The van der Waals surface area contributed by atoms with Crippen molar-refractivity contribution in [3.05, 3.63) is 21.9 Å². The van der Waals surface area contributed by atoms with Gasteiger partial charge in [-0.1, -0.05) is 6.92 Å². The molecule has 4 nitrogen and oxygen atoms in total. The first kappa shape index (κ1) is 13.1. The molecule has 0 saturated carbocycles. The molecular formula is C13H17NO3S. The van der Waals surface area contributed by atoms with E-state index >= 15 is 0 Å². The number of likely N-dealkylation sites (tertiary alicyclic amines) is 1. The molecule has 2 heterocycles. The number of carboxylic acids is 1. The van der Waals surface area contributed by atoms with Gasteiger partial charge in [0.15, 0.2) is 0 Å². The third-order valence-corrected chi connectivity index (χ3v) is 4.34. The normalized spacial score (nSPS) is 23.7. The van der Waals surface area contributed by atoms with E-state index in [4.69, 9.17) is 0 Å². The van der Waals surface area contributed by atoms with Gasteiger partial charge in [-0.2, -0.15) is 0 Å². The Labute approximate surface area is 110 Å². The van der Waals surface area contributed by atoms with Crippen LogP contribution >= 0.6 is 11.3 Å². The first-order valence-electron chi connectivity index (χ1n) is 6.13. The number of aliphatic carboxylic acids is 1. The summed E-state index contributed by atoms with van der Waals surface area (Å²) >= 11 is 1.58. The predicted molar refractivity (Wildman–Crippen MR) is 69.5 cm³/mol. The van der Waals surface area contributed by atoms with Gasteiger partial charge in [-0.3, -0.25) is 9.59 Å². The largest absolute Gasteiger partial charge is 0.481 e. The second-order valence-corrected chi connectivity index (χ2v) is 5.95. The molecular weight excluding hydrogens is 250 g/mol. The van der Waals surface area contributed by atoms with E-state index in [-0.39, 0.29) is 18.4 Å². The Morgan fingerprint density at radius 1 is 1.56 bits per heavy atom. The van der Waals surface area contributed by atoms with Gasteiger partial charge in [-0.15, -0.1) is 11.3 Å². The van der Waals surface area contributed by atoms with Crippen molar-refractivity contribution in [2.24, 2.45) is 5.92 Å². The van der Waals surface area contributed by atoms with Crippen LogP contribution in [0, 0.1) is 12.8 Å². The highest BCUT2D eigenvalue weighted by Gasteiger charge is 2.44. The van der Waals surface area contributed by atoms with Gasteiger partial charge in [0.1, 0.15) is 0 Å². The van der Waals surface area contributed by atoms with Crippen LogP contribution < -0.4 is 0 Å². The van der Waals surface area contributed by atoms with E-state index in [0.29, 0.717) is 6.54 Å². The molecule has 1 aromatic heterocycles. The maximum atomic E-state index is 11.9. The zero-order chi connectivity index (χ0) is 13.3. The molecule has 0 bridgehead atoms.